The van der Waals surface area contributed by atoms with E-state index in [9.17, 15) is 19.5 Å². The van der Waals surface area contributed by atoms with Gasteiger partial charge in [-0.3, -0.25) is 14.5 Å². The molecule has 0 radical (unpaired) electrons. The number of carboxylic acids is 1. The van der Waals surface area contributed by atoms with E-state index in [2.05, 4.69) is 0 Å². The monoisotopic (exact) mass is 414 g/mol. The number of nitrogens with zero attached hydrogens (tertiary/aromatic N) is 2. The number of rotatable bonds is 3. The van der Waals surface area contributed by atoms with Crippen LogP contribution >= 0.6 is 11.3 Å². The van der Waals surface area contributed by atoms with E-state index >= 15 is 0 Å². The van der Waals surface area contributed by atoms with Gasteiger partial charge in [-0.15, -0.1) is 11.3 Å². The Morgan fingerprint density at radius 2 is 1.79 bits per heavy atom. The average Bonchev–Trinajstić information content (AvgIpc) is 3.37. The molecule has 0 saturated carbocycles. The highest BCUT2D eigenvalue weighted by molar-refractivity contribution is 7.12. The molecule has 8 heteroatoms. The number of carbonyl (C=O) groups excluding carboxylic acids is 2. The van der Waals surface area contributed by atoms with Crippen molar-refractivity contribution in [3.8, 4) is 0 Å². The lowest BCUT2D eigenvalue weighted by molar-refractivity contribution is -0.143. The number of ether oxygens (including phenoxy) is 1. The Labute approximate surface area is 172 Å². The van der Waals surface area contributed by atoms with Gasteiger partial charge in [0, 0.05) is 31.5 Å². The molecule has 1 aromatic carbocycles. The lowest BCUT2D eigenvalue weighted by Crippen LogP contribution is -2.58. The smallest absolute Gasteiger partial charge is 0.328 e. The molecule has 152 valence electrons. The number of hydrogen-bond acceptors (Lipinski definition) is 5. The molecule has 2 aromatic rings. The van der Waals surface area contributed by atoms with Crippen molar-refractivity contribution in [1.29, 1.82) is 0 Å². The Morgan fingerprint density at radius 3 is 2.38 bits per heavy atom. The molecule has 7 nitrogen and oxygen atoms in total. The Morgan fingerprint density at radius 1 is 1.10 bits per heavy atom. The molecule has 1 spiro atoms. The largest absolute Gasteiger partial charge is 0.480 e. The lowest BCUT2D eigenvalue weighted by atomic mass is 9.96. The summed E-state index contributed by atoms with van der Waals surface area (Å²) in [5.74, 6) is -1.48. The van der Waals surface area contributed by atoms with E-state index in [4.69, 9.17) is 4.74 Å². The molecule has 1 atom stereocenters. The Bertz CT molecular complexity index is 917. The molecule has 4 rings (SSSR count). The van der Waals surface area contributed by atoms with E-state index in [0.717, 1.165) is 5.56 Å². The minimum atomic E-state index is -1.08. The first kappa shape index (κ1) is 19.6. The number of amides is 2. The Hall–Kier alpha value is -2.71. The minimum Gasteiger partial charge on any atom is -0.480 e. The molecule has 0 unspecified atom stereocenters. The number of carbonyl (C=O) groups is 3. The van der Waals surface area contributed by atoms with Gasteiger partial charge in [0.05, 0.1) is 11.5 Å². The predicted molar refractivity (Wildman–Crippen MR) is 107 cm³/mol. The first-order chi connectivity index (χ1) is 13.9. The van der Waals surface area contributed by atoms with Gasteiger partial charge in [-0.2, -0.15) is 0 Å². The average molecular weight is 414 g/mol. The van der Waals surface area contributed by atoms with Crippen molar-refractivity contribution in [2.24, 2.45) is 0 Å². The molecule has 2 aliphatic heterocycles. The van der Waals surface area contributed by atoms with Crippen LogP contribution in [0, 0.1) is 6.92 Å². The van der Waals surface area contributed by atoms with Crippen LogP contribution in [0.4, 0.5) is 0 Å². The van der Waals surface area contributed by atoms with Crippen LogP contribution in [-0.2, 0) is 9.53 Å². The quantitative estimate of drug-likeness (QED) is 0.834. The zero-order valence-corrected chi connectivity index (χ0v) is 16.9. The van der Waals surface area contributed by atoms with Crippen LogP contribution in [0.25, 0.3) is 0 Å². The number of benzene rings is 1. The second kappa shape index (κ2) is 7.61. The molecule has 29 heavy (non-hydrogen) atoms. The van der Waals surface area contributed by atoms with Crippen molar-refractivity contribution in [1.82, 2.24) is 9.80 Å². The summed E-state index contributed by atoms with van der Waals surface area (Å²) in [6, 6.07) is 9.66. The summed E-state index contributed by atoms with van der Waals surface area (Å²) in [7, 11) is 0. The maximum absolute atomic E-state index is 13.3. The van der Waals surface area contributed by atoms with E-state index in [1.165, 1.54) is 16.2 Å². The van der Waals surface area contributed by atoms with E-state index in [-0.39, 0.29) is 18.4 Å². The van der Waals surface area contributed by atoms with Gasteiger partial charge < -0.3 is 14.7 Å². The van der Waals surface area contributed by atoms with Gasteiger partial charge in [-0.25, -0.2) is 4.79 Å². The van der Waals surface area contributed by atoms with Crippen LogP contribution in [-0.4, -0.2) is 64.2 Å². The Kier molecular flexibility index (Phi) is 5.14. The van der Waals surface area contributed by atoms with Crippen molar-refractivity contribution in [3.63, 3.8) is 0 Å². The zero-order valence-electron chi connectivity index (χ0n) is 16.0. The van der Waals surface area contributed by atoms with Crippen LogP contribution < -0.4 is 0 Å². The molecule has 1 N–H and O–H groups in total. The molecule has 1 aromatic heterocycles. The number of piperidine rings is 1. The molecule has 2 aliphatic rings. The van der Waals surface area contributed by atoms with Gasteiger partial charge in [0.2, 0.25) is 0 Å². The highest BCUT2D eigenvalue weighted by Crippen LogP contribution is 2.39. The third-order valence-electron chi connectivity index (χ3n) is 5.63. The molecule has 2 fully saturated rings. The minimum absolute atomic E-state index is 0.0426. The SMILES string of the molecule is Cc1ccc(C(=O)N2[C@@H](C(=O)O)COC23CCN(C(=O)c2cccs2)CC3)cc1. The fourth-order valence-corrected chi connectivity index (χ4v) is 4.70. The maximum atomic E-state index is 13.3. The van der Waals surface area contributed by atoms with Crippen molar-refractivity contribution < 1.29 is 24.2 Å². The van der Waals surface area contributed by atoms with Crippen LogP contribution in [0.1, 0.15) is 38.4 Å². The van der Waals surface area contributed by atoms with Crippen LogP contribution in [0.5, 0.6) is 0 Å². The maximum Gasteiger partial charge on any atom is 0.328 e. The summed E-state index contributed by atoms with van der Waals surface area (Å²) < 4.78 is 5.94. The number of likely N-dealkylation sites (tertiary alicyclic amines) is 1. The van der Waals surface area contributed by atoms with Crippen LogP contribution in [0.2, 0.25) is 0 Å². The number of aryl methyl sites for hydroxylation is 1. The first-order valence-corrected chi connectivity index (χ1v) is 10.4. The third-order valence-corrected chi connectivity index (χ3v) is 6.48. The van der Waals surface area contributed by atoms with Crippen LogP contribution in [0.15, 0.2) is 41.8 Å². The summed E-state index contributed by atoms with van der Waals surface area (Å²) in [6.07, 6.45) is 0.761. The van der Waals surface area contributed by atoms with E-state index in [1.54, 1.807) is 23.1 Å². The van der Waals surface area contributed by atoms with Gasteiger partial charge >= 0.3 is 5.97 Å². The predicted octanol–water partition coefficient (Wildman–Crippen LogP) is 2.61. The molecular weight excluding hydrogens is 392 g/mol. The Balaban J connectivity index is 1.57. The summed E-state index contributed by atoms with van der Waals surface area (Å²) in [4.78, 5) is 41.5. The van der Waals surface area contributed by atoms with Crippen LogP contribution in [0.3, 0.4) is 0 Å². The number of thiophene rings is 1. The molecule has 0 aliphatic carbocycles. The highest BCUT2D eigenvalue weighted by atomic mass is 32.1. The molecule has 2 saturated heterocycles. The van der Waals surface area contributed by atoms with Gasteiger partial charge in [0.15, 0.2) is 6.04 Å². The van der Waals surface area contributed by atoms with E-state index in [0.29, 0.717) is 36.4 Å². The fourth-order valence-electron chi connectivity index (χ4n) is 4.01. The second-order valence-electron chi connectivity index (χ2n) is 7.42. The fraction of sp³-hybridized carbons (Fsp3) is 0.381. The van der Waals surface area contributed by atoms with Crippen molar-refractivity contribution in [2.75, 3.05) is 19.7 Å². The zero-order chi connectivity index (χ0) is 20.6. The second-order valence-corrected chi connectivity index (χ2v) is 8.37. The van der Waals surface area contributed by atoms with Crippen molar-refractivity contribution in [2.45, 2.75) is 31.5 Å². The summed E-state index contributed by atoms with van der Waals surface area (Å²) >= 11 is 1.39. The van der Waals surface area contributed by atoms with E-state index in [1.807, 2.05) is 30.5 Å². The summed E-state index contributed by atoms with van der Waals surface area (Å²) in [5.41, 5.74) is 0.449. The topological polar surface area (TPSA) is 87.2 Å². The summed E-state index contributed by atoms with van der Waals surface area (Å²) in [5, 5.41) is 11.5. The highest BCUT2D eigenvalue weighted by Gasteiger charge is 2.54. The summed E-state index contributed by atoms with van der Waals surface area (Å²) in [6.45, 7) is 2.68. The number of carboxylic acid groups (broad SMARTS) is 1. The number of hydrogen-bond donors (Lipinski definition) is 1. The normalized spacial score (nSPS) is 20.8. The van der Waals surface area contributed by atoms with Gasteiger partial charge in [0.25, 0.3) is 11.8 Å². The third kappa shape index (κ3) is 3.54. The van der Waals surface area contributed by atoms with Crippen molar-refractivity contribution in [3.05, 3.63) is 57.8 Å². The number of aliphatic carboxylic acids is 1. The molecule has 3 heterocycles. The standard InChI is InChI=1S/C21H22N2O5S/c1-14-4-6-15(7-5-14)18(24)23-16(20(26)27)13-28-21(23)8-10-22(11-9-21)19(25)17-3-2-12-29-17/h2-7,12,16H,8-11,13H2,1H3,(H,26,27)/t16-/m1/s1. The van der Waals surface area contributed by atoms with Gasteiger partial charge in [-0.1, -0.05) is 23.8 Å². The first-order valence-electron chi connectivity index (χ1n) is 9.51. The van der Waals surface area contributed by atoms with E-state index < -0.39 is 17.7 Å². The van der Waals surface area contributed by atoms with Gasteiger partial charge in [0.1, 0.15) is 5.72 Å². The van der Waals surface area contributed by atoms with Gasteiger partial charge in [-0.05, 0) is 30.5 Å². The van der Waals surface area contributed by atoms with Crippen molar-refractivity contribution >= 4 is 29.1 Å². The lowest BCUT2D eigenvalue weighted by Gasteiger charge is -2.44. The molecule has 2 amide bonds. The molecular formula is C21H22N2O5S. The molecule has 0 bridgehead atoms.